The van der Waals surface area contributed by atoms with Crippen LogP contribution in [0.25, 0.3) is 0 Å². The highest BCUT2D eigenvalue weighted by Gasteiger charge is 2.13. The Hall–Kier alpha value is -3.02. The van der Waals surface area contributed by atoms with Crippen LogP contribution in [0.1, 0.15) is 29.3 Å². The lowest BCUT2D eigenvalue weighted by Gasteiger charge is -2.07. The summed E-state index contributed by atoms with van der Waals surface area (Å²) in [6, 6.07) is 12.0. The van der Waals surface area contributed by atoms with E-state index in [1.165, 1.54) is 0 Å². The molecular formula is C18H17NO5. The Morgan fingerprint density at radius 1 is 1.08 bits per heavy atom. The van der Waals surface area contributed by atoms with Crippen LogP contribution in [0.15, 0.2) is 42.5 Å². The van der Waals surface area contributed by atoms with Gasteiger partial charge in [0.2, 0.25) is 6.79 Å². The molecule has 0 aromatic heterocycles. The van der Waals surface area contributed by atoms with Gasteiger partial charge in [0.25, 0.3) is 5.91 Å². The third-order valence-electron chi connectivity index (χ3n) is 3.53. The molecule has 1 heterocycles. The fourth-order valence-corrected chi connectivity index (χ4v) is 2.21. The standard InChI is InChI=1S/C18H17NO5/c1-2-17(20)24-14-6-4-13(5-7-14)18(21)19-10-12-3-8-15-16(9-12)23-11-22-15/h3-9H,2,10-11H2,1H3,(H,19,21). The third kappa shape index (κ3) is 3.65. The number of rotatable bonds is 5. The van der Waals surface area contributed by atoms with Gasteiger partial charge in [-0.15, -0.1) is 0 Å². The molecule has 0 bridgehead atoms. The van der Waals surface area contributed by atoms with Gasteiger partial charge in [-0.3, -0.25) is 9.59 Å². The summed E-state index contributed by atoms with van der Waals surface area (Å²) in [6.45, 7) is 2.32. The van der Waals surface area contributed by atoms with Crippen LogP contribution < -0.4 is 19.5 Å². The zero-order valence-corrected chi connectivity index (χ0v) is 13.2. The second kappa shape index (κ2) is 7.04. The van der Waals surface area contributed by atoms with Gasteiger partial charge >= 0.3 is 5.97 Å². The molecule has 3 rings (SSSR count). The van der Waals surface area contributed by atoms with Crippen molar-refractivity contribution in [3.63, 3.8) is 0 Å². The summed E-state index contributed by atoms with van der Waals surface area (Å²) in [5, 5.41) is 2.83. The molecule has 2 aromatic carbocycles. The van der Waals surface area contributed by atoms with Gasteiger partial charge in [0.05, 0.1) is 0 Å². The molecule has 0 radical (unpaired) electrons. The fraction of sp³-hybridized carbons (Fsp3) is 0.222. The van der Waals surface area contributed by atoms with Gasteiger partial charge in [0, 0.05) is 18.5 Å². The van der Waals surface area contributed by atoms with E-state index >= 15 is 0 Å². The first-order valence-electron chi connectivity index (χ1n) is 7.63. The fourth-order valence-electron chi connectivity index (χ4n) is 2.21. The normalized spacial score (nSPS) is 11.9. The molecule has 1 aliphatic rings. The molecule has 0 saturated carbocycles. The number of carbonyl (C=O) groups excluding carboxylic acids is 2. The van der Waals surface area contributed by atoms with Crippen molar-refractivity contribution in [2.24, 2.45) is 0 Å². The number of nitrogens with one attached hydrogen (secondary N) is 1. The van der Waals surface area contributed by atoms with Crippen molar-refractivity contribution in [1.29, 1.82) is 0 Å². The minimum absolute atomic E-state index is 0.207. The highest BCUT2D eigenvalue weighted by Crippen LogP contribution is 2.32. The smallest absolute Gasteiger partial charge is 0.310 e. The van der Waals surface area contributed by atoms with Crippen LogP contribution in [0, 0.1) is 0 Å². The Labute approximate surface area is 139 Å². The molecule has 24 heavy (non-hydrogen) atoms. The van der Waals surface area contributed by atoms with Crippen LogP contribution in [0.2, 0.25) is 0 Å². The van der Waals surface area contributed by atoms with Crippen LogP contribution >= 0.6 is 0 Å². The Kier molecular flexibility index (Phi) is 4.65. The Bertz CT molecular complexity index is 755. The summed E-state index contributed by atoms with van der Waals surface area (Å²) in [5.41, 5.74) is 1.41. The van der Waals surface area contributed by atoms with Gasteiger partial charge in [-0.05, 0) is 42.0 Å². The van der Waals surface area contributed by atoms with Gasteiger partial charge in [0.1, 0.15) is 5.75 Å². The van der Waals surface area contributed by atoms with Gasteiger partial charge in [-0.25, -0.2) is 0 Å². The maximum absolute atomic E-state index is 12.2. The molecule has 2 aromatic rings. The van der Waals surface area contributed by atoms with Crippen molar-refractivity contribution >= 4 is 11.9 Å². The second-order valence-corrected chi connectivity index (χ2v) is 5.22. The molecule has 0 unspecified atom stereocenters. The summed E-state index contributed by atoms with van der Waals surface area (Å²) in [6.07, 6.45) is 0.303. The second-order valence-electron chi connectivity index (χ2n) is 5.22. The zero-order valence-electron chi connectivity index (χ0n) is 13.2. The largest absolute Gasteiger partial charge is 0.454 e. The predicted molar refractivity (Wildman–Crippen MR) is 86.1 cm³/mol. The molecule has 1 N–H and O–H groups in total. The topological polar surface area (TPSA) is 73.9 Å². The summed E-state index contributed by atoms with van der Waals surface area (Å²) >= 11 is 0. The first kappa shape index (κ1) is 15.9. The lowest BCUT2D eigenvalue weighted by atomic mass is 10.1. The summed E-state index contributed by atoms with van der Waals surface area (Å²) in [5.74, 6) is 1.30. The molecular weight excluding hydrogens is 310 g/mol. The Morgan fingerprint density at radius 3 is 2.58 bits per heavy atom. The van der Waals surface area contributed by atoms with E-state index in [0.29, 0.717) is 35.8 Å². The molecule has 0 fully saturated rings. The number of ether oxygens (including phenoxy) is 3. The first-order chi connectivity index (χ1) is 11.7. The quantitative estimate of drug-likeness (QED) is 0.675. The molecule has 0 atom stereocenters. The molecule has 1 aliphatic heterocycles. The van der Waals surface area contributed by atoms with Crippen LogP contribution in [-0.2, 0) is 11.3 Å². The maximum Gasteiger partial charge on any atom is 0.310 e. The number of hydrogen-bond donors (Lipinski definition) is 1. The summed E-state index contributed by atoms with van der Waals surface area (Å²) in [4.78, 5) is 23.4. The van der Waals surface area contributed by atoms with Crippen molar-refractivity contribution in [3.05, 3.63) is 53.6 Å². The van der Waals surface area contributed by atoms with E-state index in [-0.39, 0.29) is 18.7 Å². The zero-order chi connectivity index (χ0) is 16.9. The van der Waals surface area contributed by atoms with Crippen LogP contribution in [-0.4, -0.2) is 18.7 Å². The van der Waals surface area contributed by atoms with Crippen molar-refractivity contribution in [3.8, 4) is 17.2 Å². The van der Waals surface area contributed by atoms with Gasteiger partial charge in [-0.2, -0.15) is 0 Å². The number of esters is 1. The number of benzene rings is 2. The SMILES string of the molecule is CCC(=O)Oc1ccc(C(=O)NCc2ccc3c(c2)OCO3)cc1. The average molecular weight is 327 g/mol. The minimum Gasteiger partial charge on any atom is -0.454 e. The van der Waals surface area contributed by atoms with Gasteiger partial charge < -0.3 is 19.5 Å². The summed E-state index contributed by atoms with van der Waals surface area (Å²) < 4.78 is 15.6. The number of hydrogen-bond acceptors (Lipinski definition) is 5. The highest BCUT2D eigenvalue weighted by atomic mass is 16.7. The van der Waals surface area contributed by atoms with Crippen molar-refractivity contribution in [2.75, 3.05) is 6.79 Å². The number of carbonyl (C=O) groups is 2. The van der Waals surface area contributed by atoms with E-state index in [2.05, 4.69) is 5.32 Å². The van der Waals surface area contributed by atoms with E-state index in [4.69, 9.17) is 14.2 Å². The molecule has 6 heteroatoms. The minimum atomic E-state index is -0.310. The van der Waals surface area contributed by atoms with E-state index in [0.717, 1.165) is 5.56 Å². The molecule has 6 nitrogen and oxygen atoms in total. The number of fused-ring (bicyclic) bond motifs is 1. The maximum atomic E-state index is 12.2. The van der Waals surface area contributed by atoms with Crippen molar-refractivity contribution in [1.82, 2.24) is 5.32 Å². The van der Waals surface area contributed by atoms with Crippen molar-refractivity contribution in [2.45, 2.75) is 19.9 Å². The number of amides is 1. The monoisotopic (exact) mass is 327 g/mol. The Morgan fingerprint density at radius 2 is 1.83 bits per heavy atom. The van der Waals surface area contributed by atoms with E-state index in [1.54, 1.807) is 31.2 Å². The van der Waals surface area contributed by atoms with E-state index < -0.39 is 0 Å². The first-order valence-corrected chi connectivity index (χ1v) is 7.63. The molecule has 0 aliphatic carbocycles. The average Bonchev–Trinajstić information content (AvgIpc) is 3.08. The van der Waals surface area contributed by atoms with Crippen LogP contribution in [0.3, 0.4) is 0 Å². The third-order valence-corrected chi connectivity index (χ3v) is 3.53. The summed E-state index contributed by atoms with van der Waals surface area (Å²) in [7, 11) is 0. The van der Waals surface area contributed by atoms with Gasteiger partial charge in [-0.1, -0.05) is 13.0 Å². The van der Waals surface area contributed by atoms with E-state index in [1.807, 2.05) is 18.2 Å². The highest BCUT2D eigenvalue weighted by molar-refractivity contribution is 5.94. The molecule has 1 amide bonds. The van der Waals surface area contributed by atoms with Gasteiger partial charge in [0.15, 0.2) is 11.5 Å². The Balaban J connectivity index is 1.57. The van der Waals surface area contributed by atoms with E-state index in [9.17, 15) is 9.59 Å². The van der Waals surface area contributed by atoms with Crippen LogP contribution in [0.5, 0.6) is 17.2 Å². The molecule has 0 saturated heterocycles. The lowest BCUT2D eigenvalue weighted by Crippen LogP contribution is -2.22. The van der Waals surface area contributed by atoms with Crippen LogP contribution in [0.4, 0.5) is 0 Å². The molecule has 124 valence electrons. The van der Waals surface area contributed by atoms with Crippen molar-refractivity contribution < 1.29 is 23.8 Å². The lowest BCUT2D eigenvalue weighted by molar-refractivity contribution is -0.134. The predicted octanol–water partition coefficient (Wildman–Crippen LogP) is 2.66. The molecule has 0 spiro atoms.